The van der Waals surface area contributed by atoms with E-state index in [1.54, 1.807) is 31.4 Å². The van der Waals surface area contributed by atoms with Crippen molar-refractivity contribution >= 4 is 31.7 Å². The van der Waals surface area contributed by atoms with Gasteiger partial charge in [0.05, 0.1) is 23.7 Å². The number of hydrazine groups is 1. The zero-order chi connectivity index (χ0) is 21.3. The third kappa shape index (κ3) is 4.01. The van der Waals surface area contributed by atoms with E-state index in [9.17, 15) is 8.42 Å². The Balaban J connectivity index is 1.77. The van der Waals surface area contributed by atoms with Crippen LogP contribution in [0.5, 0.6) is 5.75 Å². The van der Waals surface area contributed by atoms with Crippen molar-refractivity contribution in [2.24, 2.45) is 0 Å². The molecule has 0 spiro atoms. The molecule has 0 radical (unpaired) electrons. The zero-order valence-electron chi connectivity index (χ0n) is 16.5. The molecule has 0 fully saturated rings. The quantitative estimate of drug-likeness (QED) is 0.549. The Morgan fingerprint density at radius 1 is 0.933 bits per heavy atom. The van der Waals surface area contributed by atoms with Crippen LogP contribution in [0.4, 0.5) is 0 Å². The molecular formula is C23H21BrN2O3S. The second-order valence-electron chi connectivity index (χ2n) is 7.03. The maximum Gasteiger partial charge on any atom is 0.260 e. The van der Waals surface area contributed by atoms with E-state index in [1.807, 2.05) is 61.5 Å². The molecular weight excluding hydrogens is 464 g/mol. The van der Waals surface area contributed by atoms with Gasteiger partial charge in [-0.05, 0) is 60.5 Å². The summed E-state index contributed by atoms with van der Waals surface area (Å²) in [5.74, 6) is 0.717. The summed E-state index contributed by atoms with van der Waals surface area (Å²) in [4.78, 5) is 0.240. The van der Waals surface area contributed by atoms with Gasteiger partial charge in [-0.1, -0.05) is 57.9 Å². The third-order valence-electron chi connectivity index (χ3n) is 5.00. The van der Waals surface area contributed by atoms with Gasteiger partial charge in [0.2, 0.25) is 0 Å². The molecule has 1 atom stereocenters. The fourth-order valence-corrected chi connectivity index (χ4v) is 4.98. The predicted octanol–water partition coefficient (Wildman–Crippen LogP) is 5.06. The number of methoxy groups -OCH3 is 1. The number of halogens is 1. The van der Waals surface area contributed by atoms with Gasteiger partial charge in [0.25, 0.3) is 10.0 Å². The Bertz CT molecular complexity index is 1170. The highest BCUT2D eigenvalue weighted by molar-refractivity contribution is 9.10. The second kappa shape index (κ2) is 8.26. The lowest BCUT2D eigenvalue weighted by atomic mass is 10.1. The van der Waals surface area contributed by atoms with E-state index in [0.29, 0.717) is 0 Å². The molecule has 7 heteroatoms. The summed E-state index contributed by atoms with van der Waals surface area (Å²) in [6.07, 6.45) is 1.93. The lowest BCUT2D eigenvalue weighted by molar-refractivity contribution is 0.347. The number of benzene rings is 3. The topological polar surface area (TPSA) is 58.6 Å². The number of nitrogens with one attached hydrogen (secondary N) is 1. The van der Waals surface area contributed by atoms with Crippen LogP contribution in [-0.4, -0.2) is 19.9 Å². The Hall–Kier alpha value is -2.61. The molecule has 3 aromatic rings. The van der Waals surface area contributed by atoms with Crippen LogP contribution in [0.15, 0.2) is 88.2 Å². The molecule has 1 aliphatic rings. The van der Waals surface area contributed by atoms with Crippen molar-refractivity contribution in [1.82, 2.24) is 9.84 Å². The largest absolute Gasteiger partial charge is 0.497 e. The van der Waals surface area contributed by atoms with Gasteiger partial charge in [0.1, 0.15) is 5.75 Å². The van der Waals surface area contributed by atoms with Crippen LogP contribution < -0.4 is 10.2 Å². The molecule has 30 heavy (non-hydrogen) atoms. The first-order valence-corrected chi connectivity index (χ1v) is 11.6. The van der Waals surface area contributed by atoms with Gasteiger partial charge in [-0.25, -0.2) is 8.42 Å². The van der Waals surface area contributed by atoms with E-state index in [4.69, 9.17) is 4.74 Å². The molecule has 0 aliphatic carbocycles. The van der Waals surface area contributed by atoms with E-state index < -0.39 is 16.1 Å². The molecule has 4 rings (SSSR count). The number of ether oxygens (including phenoxy) is 1. The van der Waals surface area contributed by atoms with Crippen LogP contribution in [0.25, 0.3) is 5.70 Å². The molecule has 154 valence electrons. The Morgan fingerprint density at radius 2 is 1.57 bits per heavy atom. The summed E-state index contributed by atoms with van der Waals surface area (Å²) >= 11 is 3.44. The van der Waals surface area contributed by atoms with Crippen molar-refractivity contribution in [2.45, 2.75) is 17.9 Å². The SMILES string of the molecule is COc1ccc([C@H]2C=C(c3ccc(Br)cc3)NN2S(=O)(=O)c2ccc(C)cc2)cc1. The average Bonchev–Trinajstić information content (AvgIpc) is 3.21. The molecule has 0 bridgehead atoms. The number of sulfonamides is 1. The summed E-state index contributed by atoms with van der Waals surface area (Å²) in [7, 11) is -2.18. The lowest BCUT2D eigenvalue weighted by Gasteiger charge is -2.25. The maximum atomic E-state index is 13.5. The van der Waals surface area contributed by atoms with E-state index >= 15 is 0 Å². The summed E-state index contributed by atoms with van der Waals surface area (Å²) < 4.78 is 34.5. The number of nitrogens with zero attached hydrogens (tertiary/aromatic N) is 1. The minimum atomic E-state index is -3.79. The maximum absolute atomic E-state index is 13.5. The van der Waals surface area contributed by atoms with Crippen molar-refractivity contribution in [3.8, 4) is 5.75 Å². The van der Waals surface area contributed by atoms with Gasteiger partial charge < -0.3 is 10.2 Å². The predicted molar refractivity (Wildman–Crippen MR) is 121 cm³/mol. The van der Waals surface area contributed by atoms with E-state index in [-0.39, 0.29) is 4.90 Å². The van der Waals surface area contributed by atoms with Gasteiger partial charge in [-0.2, -0.15) is 0 Å². The standard InChI is InChI=1S/C23H21BrN2O3S/c1-16-3-13-21(14-4-16)30(27,28)26-23(18-7-11-20(29-2)12-8-18)15-22(25-26)17-5-9-19(24)10-6-17/h3-15,23,25H,1-2H3/t23-/m1/s1. The molecule has 1 N–H and O–H groups in total. The van der Waals surface area contributed by atoms with Crippen molar-refractivity contribution in [3.05, 3.63) is 100 Å². The monoisotopic (exact) mass is 484 g/mol. The smallest absolute Gasteiger partial charge is 0.260 e. The van der Waals surface area contributed by atoms with Gasteiger partial charge in [-0.15, -0.1) is 4.41 Å². The normalized spacial score (nSPS) is 16.8. The number of aryl methyl sites for hydroxylation is 1. The number of rotatable bonds is 5. The Labute approximate surface area is 185 Å². The van der Waals surface area contributed by atoms with E-state index in [2.05, 4.69) is 21.4 Å². The highest BCUT2D eigenvalue weighted by Gasteiger charge is 2.37. The van der Waals surface area contributed by atoms with Crippen molar-refractivity contribution in [2.75, 3.05) is 7.11 Å². The van der Waals surface area contributed by atoms with Crippen molar-refractivity contribution in [1.29, 1.82) is 0 Å². The first-order chi connectivity index (χ1) is 14.4. The van der Waals surface area contributed by atoms with Gasteiger partial charge >= 0.3 is 0 Å². The molecule has 1 aliphatic heterocycles. The van der Waals surface area contributed by atoms with Crippen LogP contribution in [0.3, 0.4) is 0 Å². The molecule has 1 heterocycles. The lowest BCUT2D eigenvalue weighted by Crippen LogP contribution is -2.39. The molecule has 5 nitrogen and oxygen atoms in total. The summed E-state index contributed by atoms with van der Waals surface area (Å²) in [6, 6.07) is 21.5. The van der Waals surface area contributed by atoms with Crippen molar-refractivity contribution < 1.29 is 13.2 Å². The minimum Gasteiger partial charge on any atom is -0.497 e. The number of hydrogen-bond acceptors (Lipinski definition) is 4. The van der Waals surface area contributed by atoms with Crippen LogP contribution in [0, 0.1) is 6.92 Å². The molecule has 3 aromatic carbocycles. The van der Waals surface area contributed by atoms with Gasteiger partial charge in [0.15, 0.2) is 0 Å². The van der Waals surface area contributed by atoms with E-state index in [0.717, 1.165) is 32.6 Å². The first-order valence-electron chi connectivity index (χ1n) is 9.38. The van der Waals surface area contributed by atoms with Gasteiger partial charge in [-0.3, -0.25) is 0 Å². The Kier molecular flexibility index (Phi) is 5.69. The third-order valence-corrected chi connectivity index (χ3v) is 7.23. The summed E-state index contributed by atoms with van der Waals surface area (Å²) in [6.45, 7) is 1.93. The average molecular weight is 485 g/mol. The van der Waals surface area contributed by atoms with Gasteiger partial charge in [0, 0.05) is 4.47 Å². The molecule has 0 saturated heterocycles. The molecule has 0 saturated carbocycles. The molecule has 0 aromatic heterocycles. The fourth-order valence-electron chi connectivity index (χ4n) is 3.31. The zero-order valence-corrected chi connectivity index (χ0v) is 18.9. The molecule has 0 amide bonds. The van der Waals surface area contributed by atoms with E-state index in [1.165, 1.54) is 4.41 Å². The highest BCUT2D eigenvalue weighted by atomic mass is 79.9. The number of hydrogen-bond donors (Lipinski definition) is 1. The molecule has 0 unspecified atom stereocenters. The summed E-state index contributed by atoms with van der Waals surface area (Å²) in [5.41, 5.74) is 6.60. The Morgan fingerprint density at radius 3 is 2.17 bits per heavy atom. The van der Waals surface area contributed by atoms with Crippen LogP contribution >= 0.6 is 15.9 Å². The second-order valence-corrected chi connectivity index (χ2v) is 9.76. The first kappa shape index (κ1) is 20.7. The summed E-state index contributed by atoms with van der Waals surface area (Å²) in [5, 5.41) is 0. The van der Waals surface area contributed by atoms with Crippen molar-refractivity contribution in [3.63, 3.8) is 0 Å². The fraction of sp³-hybridized carbons (Fsp3) is 0.130. The van der Waals surface area contributed by atoms with Crippen LogP contribution in [0.1, 0.15) is 22.7 Å². The highest BCUT2D eigenvalue weighted by Crippen LogP contribution is 2.36. The van der Waals surface area contributed by atoms with Crippen LogP contribution in [-0.2, 0) is 10.0 Å². The minimum absolute atomic E-state index is 0.240. The van der Waals surface area contributed by atoms with Crippen LogP contribution in [0.2, 0.25) is 0 Å².